The van der Waals surface area contributed by atoms with E-state index in [-0.39, 0.29) is 5.56 Å². The van der Waals surface area contributed by atoms with E-state index in [9.17, 15) is 9.90 Å². The Morgan fingerprint density at radius 2 is 1.79 bits per heavy atom. The van der Waals surface area contributed by atoms with Gasteiger partial charge in [-0.3, -0.25) is 0 Å². The number of carboxylic acid groups (broad SMARTS) is 1. The highest BCUT2D eigenvalue weighted by Crippen LogP contribution is 2.30. The molecular weight excluding hydrogens is 428 g/mol. The minimum atomic E-state index is -1.19. The van der Waals surface area contributed by atoms with Crippen molar-refractivity contribution in [2.24, 2.45) is 0 Å². The molecule has 0 radical (unpaired) electrons. The number of nitrogens with zero attached hydrogens (tertiary/aromatic N) is 5. The molecular formula is C26H23N6O2-. The van der Waals surface area contributed by atoms with Crippen LogP contribution in [0.5, 0.6) is 0 Å². The maximum atomic E-state index is 11.8. The Balaban J connectivity index is 1.52. The lowest BCUT2D eigenvalue weighted by Gasteiger charge is -2.13. The smallest absolute Gasteiger partial charge is 0.205 e. The van der Waals surface area contributed by atoms with Gasteiger partial charge < -0.3 is 14.5 Å². The Kier molecular flexibility index (Phi) is 5.86. The summed E-state index contributed by atoms with van der Waals surface area (Å²) < 4.78 is 2.01. The average Bonchev–Trinajstić information content (AvgIpc) is 3.52. The van der Waals surface area contributed by atoms with Crippen molar-refractivity contribution in [1.82, 2.24) is 30.2 Å². The molecule has 5 rings (SSSR count). The molecule has 8 heteroatoms. The van der Waals surface area contributed by atoms with Gasteiger partial charge in [0.05, 0.1) is 17.0 Å². The molecule has 34 heavy (non-hydrogen) atoms. The first kappa shape index (κ1) is 21.5. The van der Waals surface area contributed by atoms with Crippen LogP contribution < -0.4 is 5.11 Å². The highest BCUT2D eigenvalue weighted by atomic mass is 16.4. The third kappa shape index (κ3) is 4.05. The van der Waals surface area contributed by atoms with Crippen molar-refractivity contribution in [3.8, 4) is 22.5 Å². The van der Waals surface area contributed by atoms with Crippen molar-refractivity contribution in [1.29, 1.82) is 0 Å². The summed E-state index contributed by atoms with van der Waals surface area (Å²) in [6.45, 7) is 2.65. The summed E-state index contributed by atoms with van der Waals surface area (Å²) in [7, 11) is 0. The van der Waals surface area contributed by atoms with E-state index in [4.69, 9.17) is 4.98 Å². The number of rotatable bonds is 8. The van der Waals surface area contributed by atoms with Crippen LogP contribution in [0.15, 0.2) is 66.7 Å². The number of benzene rings is 3. The van der Waals surface area contributed by atoms with Crippen LogP contribution in [0.2, 0.25) is 0 Å². The van der Waals surface area contributed by atoms with E-state index in [0.717, 1.165) is 47.3 Å². The lowest BCUT2D eigenvalue weighted by molar-refractivity contribution is -0.254. The van der Waals surface area contributed by atoms with Crippen molar-refractivity contribution in [2.45, 2.75) is 32.7 Å². The number of fused-ring (bicyclic) bond motifs is 1. The van der Waals surface area contributed by atoms with E-state index < -0.39 is 5.97 Å². The first-order chi connectivity index (χ1) is 16.7. The molecule has 0 amide bonds. The SMILES string of the molecule is CCCCc1nc2cccc(C(=O)[O-])c2n1Cc1ccc(-c2ccccc2-c2nn[nH]n2)cc1. The zero-order valence-electron chi connectivity index (χ0n) is 18.7. The van der Waals surface area contributed by atoms with Crippen LogP contribution in [0.4, 0.5) is 0 Å². The van der Waals surface area contributed by atoms with Gasteiger partial charge in [0.15, 0.2) is 0 Å². The molecule has 3 aromatic carbocycles. The number of carbonyl (C=O) groups is 1. The number of imidazole rings is 1. The van der Waals surface area contributed by atoms with E-state index in [1.165, 1.54) is 0 Å². The number of carbonyl (C=O) groups excluding carboxylic acids is 1. The number of nitrogens with one attached hydrogen (secondary N) is 1. The van der Waals surface area contributed by atoms with Crippen LogP contribution in [0, 0.1) is 0 Å². The minimum absolute atomic E-state index is 0.165. The number of hydrogen-bond acceptors (Lipinski definition) is 6. The van der Waals surface area contributed by atoms with E-state index in [0.29, 0.717) is 23.4 Å². The Hall–Kier alpha value is -4.33. The molecule has 8 nitrogen and oxygen atoms in total. The van der Waals surface area contributed by atoms with E-state index in [2.05, 4.69) is 51.8 Å². The van der Waals surface area contributed by atoms with Crippen molar-refractivity contribution in [2.75, 3.05) is 0 Å². The van der Waals surface area contributed by atoms with Crippen molar-refractivity contribution in [3.05, 3.63) is 83.7 Å². The number of aryl methyl sites for hydroxylation is 1. The summed E-state index contributed by atoms with van der Waals surface area (Å²) in [6.07, 6.45) is 2.80. The molecule has 0 atom stereocenters. The Labute approximate surface area is 196 Å². The number of H-pyrrole nitrogens is 1. The van der Waals surface area contributed by atoms with Gasteiger partial charge in [-0.2, -0.15) is 5.21 Å². The maximum Gasteiger partial charge on any atom is 0.205 e. The van der Waals surface area contributed by atoms with E-state index >= 15 is 0 Å². The molecule has 0 saturated heterocycles. The number of aromatic amines is 1. The standard InChI is InChI=1S/C26H24N6O2/c1-2-3-11-23-27-22-10-6-9-21(26(33)34)24(22)32(23)16-17-12-14-18(15-13-17)19-7-4-5-8-20(19)25-28-30-31-29-25/h4-10,12-15H,2-3,11,16H2,1H3,(H,33,34)(H,28,29,30,31)/p-1. The third-order valence-corrected chi connectivity index (χ3v) is 5.94. The zero-order chi connectivity index (χ0) is 23.5. The summed E-state index contributed by atoms with van der Waals surface area (Å²) in [5.41, 5.74) is 5.43. The maximum absolute atomic E-state index is 11.8. The van der Waals surface area contributed by atoms with Gasteiger partial charge in [0.2, 0.25) is 5.82 Å². The molecule has 0 saturated carbocycles. The Morgan fingerprint density at radius 3 is 2.50 bits per heavy atom. The molecule has 0 aliphatic heterocycles. The number of para-hydroxylation sites is 1. The van der Waals surface area contributed by atoms with E-state index in [1.807, 2.05) is 34.9 Å². The zero-order valence-corrected chi connectivity index (χ0v) is 18.7. The number of aromatic carboxylic acids is 1. The first-order valence-electron chi connectivity index (χ1n) is 11.3. The topological polar surface area (TPSA) is 112 Å². The minimum Gasteiger partial charge on any atom is -0.545 e. The van der Waals surface area contributed by atoms with Crippen LogP contribution >= 0.6 is 0 Å². The first-order valence-corrected chi connectivity index (χ1v) is 11.3. The van der Waals surface area contributed by atoms with Gasteiger partial charge in [-0.05, 0) is 34.4 Å². The summed E-state index contributed by atoms with van der Waals surface area (Å²) in [5, 5.41) is 26.2. The number of tetrazole rings is 1. The summed E-state index contributed by atoms with van der Waals surface area (Å²) >= 11 is 0. The van der Waals surface area contributed by atoms with Gasteiger partial charge >= 0.3 is 0 Å². The summed E-state index contributed by atoms with van der Waals surface area (Å²) in [4.78, 5) is 16.5. The molecule has 5 aromatic rings. The fourth-order valence-electron chi connectivity index (χ4n) is 4.27. The molecule has 1 N–H and O–H groups in total. The van der Waals surface area contributed by atoms with Gasteiger partial charge in [-0.25, -0.2) is 4.98 Å². The van der Waals surface area contributed by atoms with Crippen LogP contribution in [0.1, 0.15) is 41.5 Å². The average molecular weight is 452 g/mol. The second-order valence-electron chi connectivity index (χ2n) is 8.16. The fourth-order valence-corrected chi connectivity index (χ4v) is 4.27. The molecule has 0 aliphatic rings. The monoisotopic (exact) mass is 451 g/mol. The third-order valence-electron chi connectivity index (χ3n) is 5.94. The van der Waals surface area contributed by atoms with Crippen LogP contribution in [0.25, 0.3) is 33.5 Å². The predicted molar refractivity (Wildman–Crippen MR) is 127 cm³/mol. The van der Waals surface area contributed by atoms with Crippen molar-refractivity contribution in [3.63, 3.8) is 0 Å². The van der Waals surface area contributed by atoms with Crippen LogP contribution in [-0.4, -0.2) is 36.1 Å². The molecule has 2 aromatic heterocycles. The number of carboxylic acids is 1. The summed E-state index contributed by atoms with van der Waals surface area (Å²) in [5.74, 6) is 0.235. The number of aromatic nitrogens is 6. The van der Waals surface area contributed by atoms with Gasteiger partial charge in [0.1, 0.15) is 5.82 Å². The van der Waals surface area contributed by atoms with Gasteiger partial charge in [0, 0.05) is 24.1 Å². The Bertz CT molecular complexity index is 1440. The quantitative estimate of drug-likeness (QED) is 0.385. The summed E-state index contributed by atoms with van der Waals surface area (Å²) in [6, 6.07) is 21.3. The molecule has 0 spiro atoms. The van der Waals surface area contributed by atoms with Crippen molar-refractivity contribution < 1.29 is 9.90 Å². The van der Waals surface area contributed by atoms with Crippen molar-refractivity contribution >= 4 is 17.0 Å². The predicted octanol–water partition coefficient (Wildman–Crippen LogP) is 3.64. The molecule has 0 bridgehead atoms. The highest BCUT2D eigenvalue weighted by molar-refractivity contribution is 6.00. The normalized spacial score (nSPS) is 11.2. The molecule has 170 valence electrons. The second-order valence-corrected chi connectivity index (χ2v) is 8.16. The van der Waals surface area contributed by atoms with Gasteiger partial charge in [-0.15, -0.1) is 10.2 Å². The van der Waals surface area contributed by atoms with Gasteiger partial charge in [0.25, 0.3) is 0 Å². The molecule has 0 aliphatic carbocycles. The molecule has 0 unspecified atom stereocenters. The lowest BCUT2D eigenvalue weighted by Crippen LogP contribution is -2.23. The van der Waals surface area contributed by atoms with Crippen LogP contribution in [0.3, 0.4) is 0 Å². The van der Waals surface area contributed by atoms with Crippen LogP contribution in [-0.2, 0) is 13.0 Å². The van der Waals surface area contributed by atoms with Gasteiger partial charge in [-0.1, -0.05) is 74.0 Å². The van der Waals surface area contributed by atoms with E-state index in [1.54, 1.807) is 12.1 Å². The number of hydrogen-bond donors (Lipinski definition) is 1. The fraction of sp³-hybridized carbons (Fsp3) is 0.192. The largest absolute Gasteiger partial charge is 0.545 e. The Morgan fingerprint density at radius 1 is 1.00 bits per heavy atom. The second kappa shape index (κ2) is 9.27. The highest BCUT2D eigenvalue weighted by Gasteiger charge is 2.15. The molecule has 0 fully saturated rings. The lowest BCUT2D eigenvalue weighted by atomic mass is 9.98. The molecule has 2 heterocycles. The number of unbranched alkanes of at least 4 members (excludes halogenated alkanes) is 1.